The number of benzene rings is 1. The van der Waals surface area contributed by atoms with Crippen LogP contribution in [0.4, 0.5) is 13.2 Å². The molecule has 1 rings (SSSR count). The Morgan fingerprint density at radius 2 is 2.06 bits per heavy atom. The van der Waals surface area contributed by atoms with E-state index in [1.807, 2.05) is 6.92 Å². The van der Waals surface area contributed by atoms with Crippen LogP contribution in [0.1, 0.15) is 35.7 Å². The van der Waals surface area contributed by atoms with Crippen molar-refractivity contribution in [2.75, 3.05) is 6.61 Å². The Kier molecular flexibility index (Phi) is 5.19. The van der Waals surface area contributed by atoms with Gasteiger partial charge in [-0.2, -0.15) is 13.2 Å². The van der Waals surface area contributed by atoms with Gasteiger partial charge >= 0.3 is 6.18 Å². The molecule has 100 valence electrons. The fraction of sp³-hybridized carbons (Fsp3) is 0.417. The minimum Gasteiger partial charge on any atom is -0.492 e. The number of carbonyl (C=O) groups excluding carboxylic acids is 1. The summed E-state index contributed by atoms with van der Waals surface area (Å²) < 4.78 is 43.7. The lowest BCUT2D eigenvalue weighted by molar-refractivity contribution is -0.138. The smallest absolute Gasteiger partial charge is 0.417 e. The summed E-state index contributed by atoms with van der Waals surface area (Å²) in [6.45, 7) is 2.29. The second-order valence-corrected chi connectivity index (χ2v) is 4.54. The molecule has 0 atom stereocenters. The topological polar surface area (TPSA) is 26.3 Å². The van der Waals surface area contributed by atoms with Crippen molar-refractivity contribution in [2.45, 2.75) is 25.9 Å². The van der Waals surface area contributed by atoms with Gasteiger partial charge in [0, 0.05) is 5.56 Å². The number of hydrogen-bond donors (Lipinski definition) is 0. The van der Waals surface area contributed by atoms with E-state index in [-0.39, 0.29) is 12.0 Å². The highest BCUT2D eigenvalue weighted by Crippen LogP contribution is 2.37. The molecule has 0 saturated carbocycles. The first-order valence-corrected chi connectivity index (χ1v) is 6.18. The van der Waals surface area contributed by atoms with Crippen LogP contribution in [0.25, 0.3) is 0 Å². The number of unbranched alkanes of at least 4 members (excludes halogenated alkanes) is 1. The fourth-order valence-corrected chi connectivity index (χ4v) is 1.82. The highest BCUT2D eigenvalue weighted by atomic mass is 79.9. The summed E-state index contributed by atoms with van der Waals surface area (Å²) in [5, 5.41) is 0. The standard InChI is InChI=1S/C12H12BrF3O2/c1-2-3-4-18-11-6-9(12(14,15)16)8(7-17)5-10(11)13/h5-7H,2-4H2,1H3. The number of halogens is 4. The monoisotopic (exact) mass is 324 g/mol. The van der Waals surface area contributed by atoms with E-state index in [4.69, 9.17) is 4.74 Å². The average Bonchev–Trinajstić information content (AvgIpc) is 2.29. The van der Waals surface area contributed by atoms with E-state index in [9.17, 15) is 18.0 Å². The van der Waals surface area contributed by atoms with Gasteiger partial charge in [-0.3, -0.25) is 4.79 Å². The molecule has 0 aliphatic carbocycles. The molecule has 18 heavy (non-hydrogen) atoms. The van der Waals surface area contributed by atoms with Gasteiger partial charge in [0.1, 0.15) is 5.75 Å². The molecule has 0 heterocycles. The Bertz CT molecular complexity index is 430. The third-order valence-corrected chi connectivity index (χ3v) is 2.91. The maximum atomic E-state index is 12.7. The zero-order valence-electron chi connectivity index (χ0n) is 9.68. The molecule has 0 bridgehead atoms. The number of rotatable bonds is 5. The quantitative estimate of drug-likeness (QED) is 0.590. The molecule has 0 aromatic heterocycles. The molecular weight excluding hydrogens is 313 g/mol. The fourth-order valence-electron chi connectivity index (χ4n) is 1.35. The van der Waals surface area contributed by atoms with Crippen LogP contribution >= 0.6 is 15.9 Å². The molecule has 1 aromatic carbocycles. The van der Waals surface area contributed by atoms with E-state index < -0.39 is 17.3 Å². The molecule has 6 heteroatoms. The number of aldehydes is 1. The Labute approximate surface area is 111 Å². The van der Waals surface area contributed by atoms with E-state index in [1.165, 1.54) is 0 Å². The van der Waals surface area contributed by atoms with Crippen molar-refractivity contribution in [2.24, 2.45) is 0 Å². The molecule has 0 aliphatic rings. The largest absolute Gasteiger partial charge is 0.492 e. The summed E-state index contributed by atoms with van der Waals surface area (Å²) in [6, 6.07) is 1.97. The van der Waals surface area contributed by atoms with Gasteiger partial charge in [-0.15, -0.1) is 0 Å². The number of ether oxygens (including phenoxy) is 1. The molecular formula is C12H12BrF3O2. The van der Waals surface area contributed by atoms with E-state index in [2.05, 4.69) is 15.9 Å². The van der Waals surface area contributed by atoms with Crippen molar-refractivity contribution in [3.63, 3.8) is 0 Å². The predicted molar refractivity (Wildman–Crippen MR) is 64.9 cm³/mol. The van der Waals surface area contributed by atoms with Crippen LogP contribution in [0.2, 0.25) is 0 Å². The second-order valence-electron chi connectivity index (χ2n) is 3.69. The van der Waals surface area contributed by atoms with Crippen LogP contribution < -0.4 is 4.74 Å². The summed E-state index contributed by atoms with van der Waals surface area (Å²) in [6.07, 6.45) is -2.75. The summed E-state index contributed by atoms with van der Waals surface area (Å²) in [5.41, 5.74) is -1.38. The zero-order chi connectivity index (χ0) is 13.8. The van der Waals surface area contributed by atoms with Crippen molar-refractivity contribution in [3.8, 4) is 5.75 Å². The van der Waals surface area contributed by atoms with Gasteiger partial charge in [-0.25, -0.2) is 0 Å². The Hall–Kier alpha value is -1.04. The molecule has 0 aliphatic heterocycles. The van der Waals surface area contributed by atoms with Crippen molar-refractivity contribution >= 4 is 22.2 Å². The van der Waals surface area contributed by atoms with Crippen LogP contribution in [-0.4, -0.2) is 12.9 Å². The van der Waals surface area contributed by atoms with Crippen LogP contribution in [0.5, 0.6) is 5.75 Å². The number of carbonyl (C=O) groups is 1. The highest BCUT2D eigenvalue weighted by molar-refractivity contribution is 9.10. The van der Waals surface area contributed by atoms with Crippen LogP contribution in [0.3, 0.4) is 0 Å². The Balaban J connectivity index is 3.10. The summed E-state index contributed by atoms with van der Waals surface area (Å²) >= 11 is 3.09. The summed E-state index contributed by atoms with van der Waals surface area (Å²) in [7, 11) is 0. The van der Waals surface area contributed by atoms with Crippen molar-refractivity contribution < 1.29 is 22.7 Å². The van der Waals surface area contributed by atoms with E-state index in [1.54, 1.807) is 0 Å². The molecule has 0 spiro atoms. The predicted octanol–water partition coefficient (Wildman–Crippen LogP) is 4.46. The Morgan fingerprint density at radius 1 is 1.39 bits per heavy atom. The van der Waals surface area contributed by atoms with Gasteiger partial charge in [-0.1, -0.05) is 13.3 Å². The average molecular weight is 325 g/mol. The number of alkyl halides is 3. The molecule has 0 radical (unpaired) electrons. The number of hydrogen-bond acceptors (Lipinski definition) is 2. The molecule has 0 N–H and O–H groups in total. The van der Waals surface area contributed by atoms with Gasteiger partial charge in [0.05, 0.1) is 16.6 Å². The first kappa shape index (κ1) is 15.0. The van der Waals surface area contributed by atoms with Gasteiger partial charge in [-0.05, 0) is 34.5 Å². The first-order valence-electron chi connectivity index (χ1n) is 5.38. The minimum absolute atomic E-state index is 0.0985. The third-order valence-electron chi connectivity index (χ3n) is 2.29. The minimum atomic E-state index is -4.57. The van der Waals surface area contributed by atoms with E-state index in [0.29, 0.717) is 11.1 Å². The molecule has 0 unspecified atom stereocenters. The van der Waals surface area contributed by atoms with Gasteiger partial charge in [0.2, 0.25) is 0 Å². The summed E-state index contributed by atoms with van der Waals surface area (Å²) in [4.78, 5) is 10.6. The second kappa shape index (κ2) is 6.22. The van der Waals surface area contributed by atoms with Crippen molar-refractivity contribution in [3.05, 3.63) is 27.7 Å². The molecule has 0 fully saturated rings. The molecule has 2 nitrogen and oxygen atoms in total. The van der Waals surface area contributed by atoms with Crippen LogP contribution in [0.15, 0.2) is 16.6 Å². The molecule has 0 amide bonds. The SMILES string of the molecule is CCCCOc1cc(C(F)(F)F)c(C=O)cc1Br. The van der Waals surface area contributed by atoms with E-state index in [0.717, 1.165) is 25.0 Å². The zero-order valence-corrected chi connectivity index (χ0v) is 11.3. The van der Waals surface area contributed by atoms with Crippen LogP contribution in [0, 0.1) is 0 Å². The first-order chi connectivity index (χ1) is 8.40. The van der Waals surface area contributed by atoms with Crippen molar-refractivity contribution in [1.82, 2.24) is 0 Å². The summed E-state index contributed by atoms with van der Waals surface area (Å²) in [5.74, 6) is 0.0985. The van der Waals surface area contributed by atoms with Crippen LogP contribution in [-0.2, 0) is 6.18 Å². The van der Waals surface area contributed by atoms with Crippen molar-refractivity contribution in [1.29, 1.82) is 0 Å². The normalized spacial score (nSPS) is 11.4. The maximum Gasteiger partial charge on any atom is 0.417 e. The molecule has 0 saturated heterocycles. The lowest BCUT2D eigenvalue weighted by Crippen LogP contribution is -2.10. The lowest BCUT2D eigenvalue weighted by atomic mass is 10.1. The lowest BCUT2D eigenvalue weighted by Gasteiger charge is -2.14. The van der Waals surface area contributed by atoms with E-state index >= 15 is 0 Å². The van der Waals surface area contributed by atoms with Gasteiger partial charge in [0.25, 0.3) is 0 Å². The highest BCUT2D eigenvalue weighted by Gasteiger charge is 2.34. The maximum absolute atomic E-state index is 12.7. The molecule has 1 aromatic rings. The van der Waals surface area contributed by atoms with Gasteiger partial charge in [0.15, 0.2) is 6.29 Å². The van der Waals surface area contributed by atoms with Gasteiger partial charge < -0.3 is 4.74 Å². The Morgan fingerprint density at radius 3 is 2.56 bits per heavy atom. The third kappa shape index (κ3) is 3.73.